The van der Waals surface area contributed by atoms with Gasteiger partial charge in [0.15, 0.2) is 0 Å². The van der Waals surface area contributed by atoms with E-state index in [1.165, 1.54) is 0 Å². The first-order chi connectivity index (χ1) is 10.1. The molecule has 0 spiro atoms. The second-order valence-corrected chi connectivity index (χ2v) is 5.06. The van der Waals surface area contributed by atoms with E-state index < -0.39 is 6.04 Å². The Morgan fingerprint density at radius 2 is 2.24 bits per heavy atom. The topological polar surface area (TPSA) is 81.7 Å². The Kier molecular flexibility index (Phi) is 4.80. The van der Waals surface area contributed by atoms with E-state index in [0.717, 1.165) is 0 Å². The SMILES string of the molecule is CCNC(=O)C1CNCCN1C(=O)c1cccc(O)c1C. The van der Waals surface area contributed by atoms with Crippen LogP contribution in [-0.4, -0.2) is 54.0 Å². The second-order valence-electron chi connectivity index (χ2n) is 5.06. The molecule has 6 nitrogen and oxygen atoms in total. The van der Waals surface area contributed by atoms with Gasteiger partial charge >= 0.3 is 0 Å². The Morgan fingerprint density at radius 1 is 1.48 bits per heavy atom. The molecule has 0 bridgehead atoms. The second kappa shape index (κ2) is 6.58. The molecule has 0 aliphatic carbocycles. The van der Waals surface area contributed by atoms with Crippen LogP contribution >= 0.6 is 0 Å². The van der Waals surface area contributed by atoms with Gasteiger partial charge in [-0.25, -0.2) is 0 Å². The van der Waals surface area contributed by atoms with Gasteiger partial charge in [-0.05, 0) is 26.0 Å². The van der Waals surface area contributed by atoms with Crippen LogP contribution in [0.25, 0.3) is 0 Å². The molecule has 3 N–H and O–H groups in total. The van der Waals surface area contributed by atoms with Gasteiger partial charge in [-0.3, -0.25) is 9.59 Å². The van der Waals surface area contributed by atoms with E-state index >= 15 is 0 Å². The zero-order chi connectivity index (χ0) is 15.4. The lowest BCUT2D eigenvalue weighted by molar-refractivity contribution is -0.126. The van der Waals surface area contributed by atoms with Crippen molar-refractivity contribution in [2.75, 3.05) is 26.2 Å². The van der Waals surface area contributed by atoms with Crippen LogP contribution in [0.4, 0.5) is 0 Å². The van der Waals surface area contributed by atoms with E-state index in [2.05, 4.69) is 10.6 Å². The van der Waals surface area contributed by atoms with Crippen molar-refractivity contribution in [1.82, 2.24) is 15.5 Å². The molecule has 2 rings (SSSR count). The standard InChI is InChI=1S/C15H21N3O3/c1-3-17-14(20)12-9-16-7-8-18(12)15(21)11-5-4-6-13(19)10(11)2/h4-6,12,16,19H,3,7-9H2,1-2H3,(H,17,20). The summed E-state index contributed by atoms with van der Waals surface area (Å²) in [7, 11) is 0. The molecular formula is C15H21N3O3. The third-order valence-corrected chi connectivity index (χ3v) is 3.69. The molecule has 1 fully saturated rings. The predicted octanol–water partition coefficient (Wildman–Crippen LogP) is 0.251. The molecule has 1 aliphatic rings. The molecule has 1 aromatic carbocycles. The lowest BCUT2D eigenvalue weighted by atomic mass is 10.0. The molecule has 21 heavy (non-hydrogen) atoms. The highest BCUT2D eigenvalue weighted by Crippen LogP contribution is 2.22. The fourth-order valence-electron chi connectivity index (χ4n) is 2.48. The summed E-state index contributed by atoms with van der Waals surface area (Å²) in [5.74, 6) is -0.289. The van der Waals surface area contributed by atoms with E-state index in [9.17, 15) is 14.7 Å². The maximum absolute atomic E-state index is 12.7. The smallest absolute Gasteiger partial charge is 0.255 e. The first kappa shape index (κ1) is 15.3. The van der Waals surface area contributed by atoms with Gasteiger partial charge in [0.1, 0.15) is 11.8 Å². The molecule has 1 unspecified atom stereocenters. The number of rotatable bonds is 3. The summed E-state index contributed by atoms with van der Waals surface area (Å²) >= 11 is 0. The lowest BCUT2D eigenvalue weighted by Gasteiger charge is -2.35. The Hall–Kier alpha value is -2.08. The predicted molar refractivity (Wildman–Crippen MR) is 79.2 cm³/mol. The molecule has 1 atom stereocenters. The Labute approximate surface area is 124 Å². The minimum absolute atomic E-state index is 0.0885. The number of amides is 2. The van der Waals surface area contributed by atoms with Crippen molar-refractivity contribution in [3.63, 3.8) is 0 Å². The van der Waals surface area contributed by atoms with Gasteiger partial charge in [0.05, 0.1) is 0 Å². The fourth-order valence-corrected chi connectivity index (χ4v) is 2.48. The molecule has 114 valence electrons. The van der Waals surface area contributed by atoms with Gasteiger partial charge in [-0.2, -0.15) is 0 Å². The first-order valence-corrected chi connectivity index (χ1v) is 7.14. The van der Waals surface area contributed by atoms with Crippen molar-refractivity contribution in [1.29, 1.82) is 0 Å². The summed E-state index contributed by atoms with van der Waals surface area (Å²) in [5, 5.41) is 15.6. The van der Waals surface area contributed by atoms with Crippen LogP contribution in [0.1, 0.15) is 22.8 Å². The van der Waals surface area contributed by atoms with Crippen molar-refractivity contribution >= 4 is 11.8 Å². The summed E-state index contributed by atoms with van der Waals surface area (Å²) in [5.41, 5.74) is 0.974. The number of carbonyl (C=O) groups is 2. The molecule has 1 saturated heterocycles. The number of nitrogens with zero attached hydrogens (tertiary/aromatic N) is 1. The Morgan fingerprint density at radius 3 is 2.95 bits per heavy atom. The number of piperazine rings is 1. The summed E-state index contributed by atoms with van der Waals surface area (Å²) in [6, 6.07) is 4.34. The number of benzene rings is 1. The number of hydrogen-bond acceptors (Lipinski definition) is 4. The summed E-state index contributed by atoms with van der Waals surface area (Å²) in [6.45, 7) is 5.64. The van der Waals surface area contributed by atoms with Crippen molar-refractivity contribution in [2.45, 2.75) is 19.9 Å². The number of likely N-dealkylation sites (N-methyl/N-ethyl adjacent to an activating group) is 1. The first-order valence-electron chi connectivity index (χ1n) is 7.14. The average molecular weight is 291 g/mol. The van der Waals surface area contributed by atoms with Gasteiger partial charge in [0.2, 0.25) is 5.91 Å². The van der Waals surface area contributed by atoms with Crippen LogP contribution in [0.2, 0.25) is 0 Å². The normalized spacial score (nSPS) is 18.4. The van der Waals surface area contributed by atoms with Gasteiger partial charge in [0, 0.05) is 37.3 Å². The van der Waals surface area contributed by atoms with Crippen LogP contribution in [0.15, 0.2) is 18.2 Å². The molecule has 2 amide bonds. The van der Waals surface area contributed by atoms with Gasteiger partial charge in [0.25, 0.3) is 5.91 Å². The summed E-state index contributed by atoms with van der Waals surface area (Å²) < 4.78 is 0. The largest absolute Gasteiger partial charge is 0.508 e. The highest BCUT2D eigenvalue weighted by molar-refractivity contribution is 5.99. The highest BCUT2D eigenvalue weighted by atomic mass is 16.3. The molecule has 0 aromatic heterocycles. The third-order valence-electron chi connectivity index (χ3n) is 3.69. The van der Waals surface area contributed by atoms with Gasteiger partial charge < -0.3 is 20.6 Å². The Bertz CT molecular complexity index is 545. The highest BCUT2D eigenvalue weighted by Gasteiger charge is 2.32. The average Bonchev–Trinajstić information content (AvgIpc) is 2.49. The molecule has 0 radical (unpaired) electrons. The molecule has 1 heterocycles. The van der Waals surface area contributed by atoms with Crippen LogP contribution < -0.4 is 10.6 Å². The van der Waals surface area contributed by atoms with E-state index in [1.807, 2.05) is 6.92 Å². The zero-order valence-corrected chi connectivity index (χ0v) is 12.3. The number of phenols is 1. The maximum atomic E-state index is 12.7. The van der Waals surface area contributed by atoms with Crippen LogP contribution in [0, 0.1) is 6.92 Å². The fraction of sp³-hybridized carbons (Fsp3) is 0.467. The van der Waals surface area contributed by atoms with Crippen molar-refractivity contribution < 1.29 is 14.7 Å². The molecule has 6 heteroatoms. The zero-order valence-electron chi connectivity index (χ0n) is 12.3. The number of aromatic hydroxyl groups is 1. The van der Waals surface area contributed by atoms with Gasteiger partial charge in [-0.1, -0.05) is 6.07 Å². The number of phenolic OH excluding ortho intramolecular Hbond substituents is 1. The van der Waals surface area contributed by atoms with Crippen LogP contribution in [0.5, 0.6) is 5.75 Å². The van der Waals surface area contributed by atoms with Crippen LogP contribution in [0.3, 0.4) is 0 Å². The quantitative estimate of drug-likeness (QED) is 0.746. The van der Waals surface area contributed by atoms with Crippen molar-refractivity contribution in [3.8, 4) is 5.75 Å². The number of nitrogens with one attached hydrogen (secondary N) is 2. The summed E-state index contributed by atoms with van der Waals surface area (Å²) in [6.07, 6.45) is 0. The number of carbonyl (C=O) groups excluding carboxylic acids is 2. The lowest BCUT2D eigenvalue weighted by Crippen LogP contribution is -2.59. The van der Waals surface area contributed by atoms with E-state index in [0.29, 0.717) is 37.3 Å². The Balaban J connectivity index is 2.26. The summed E-state index contributed by atoms with van der Waals surface area (Å²) in [4.78, 5) is 26.4. The molecule has 1 aliphatic heterocycles. The minimum Gasteiger partial charge on any atom is -0.508 e. The third kappa shape index (κ3) is 3.16. The van der Waals surface area contributed by atoms with Crippen molar-refractivity contribution in [3.05, 3.63) is 29.3 Å². The number of hydrogen-bond donors (Lipinski definition) is 3. The molecular weight excluding hydrogens is 270 g/mol. The molecule has 0 saturated carbocycles. The minimum atomic E-state index is -0.520. The molecule has 1 aromatic rings. The maximum Gasteiger partial charge on any atom is 0.255 e. The van der Waals surface area contributed by atoms with E-state index in [4.69, 9.17) is 0 Å². The van der Waals surface area contributed by atoms with Gasteiger partial charge in [-0.15, -0.1) is 0 Å². The van der Waals surface area contributed by atoms with E-state index in [-0.39, 0.29) is 17.6 Å². The van der Waals surface area contributed by atoms with Crippen molar-refractivity contribution in [2.24, 2.45) is 0 Å². The monoisotopic (exact) mass is 291 g/mol. The van der Waals surface area contributed by atoms with E-state index in [1.54, 1.807) is 30.0 Å². The van der Waals surface area contributed by atoms with Crippen LogP contribution in [-0.2, 0) is 4.79 Å².